The van der Waals surface area contributed by atoms with Crippen molar-refractivity contribution >= 4 is 28.2 Å². The first-order valence-electron chi connectivity index (χ1n) is 9.22. The van der Waals surface area contributed by atoms with Crippen LogP contribution in [0.5, 0.6) is 5.75 Å². The molecule has 2 aromatic carbocycles. The van der Waals surface area contributed by atoms with Crippen LogP contribution < -0.4 is 9.64 Å². The van der Waals surface area contributed by atoms with Gasteiger partial charge in [0.1, 0.15) is 17.6 Å². The summed E-state index contributed by atoms with van der Waals surface area (Å²) in [6, 6.07) is 15.8. The predicted octanol–water partition coefficient (Wildman–Crippen LogP) is 4.19. The number of fused-ring (bicyclic) bond motifs is 1. The quantitative estimate of drug-likeness (QED) is 0.669. The molecule has 0 saturated carbocycles. The van der Waals surface area contributed by atoms with E-state index in [1.165, 1.54) is 0 Å². The second-order valence-corrected chi connectivity index (χ2v) is 7.42. The van der Waals surface area contributed by atoms with E-state index in [1.807, 2.05) is 42.5 Å². The average Bonchev–Trinajstić information content (AvgIpc) is 2.72. The first-order valence-corrected chi connectivity index (χ1v) is 9.60. The molecule has 1 saturated heterocycles. The van der Waals surface area contributed by atoms with Gasteiger partial charge >= 0.3 is 0 Å². The molecule has 4 rings (SSSR count). The molecular formula is C22H21ClN4O. The SMILES string of the molecule is COc1ccc2c(N3CCN(C)CC3)nc(C#N)c(-c3cccc(Cl)c3)c2c1. The van der Waals surface area contributed by atoms with E-state index in [0.717, 1.165) is 59.6 Å². The normalized spacial score (nSPS) is 14.9. The van der Waals surface area contributed by atoms with Crippen molar-refractivity contribution < 1.29 is 4.74 Å². The number of piperazine rings is 1. The molecule has 28 heavy (non-hydrogen) atoms. The first-order chi connectivity index (χ1) is 13.6. The molecule has 6 heteroatoms. The molecule has 1 fully saturated rings. The Hall–Kier alpha value is -2.81. The van der Waals surface area contributed by atoms with E-state index in [9.17, 15) is 5.26 Å². The molecular weight excluding hydrogens is 372 g/mol. The topological polar surface area (TPSA) is 52.4 Å². The minimum absolute atomic E-state index is 0.400. The van der Waals surface area contributed by atoms with Crippen LogP contribution >= 0.6 is 11.6 Å². The molecule has 0 aliphatic carbocycles. The van der Waals surface area contributed by atoms with Gasteiger partial charge in [-0.05, 0) is 48.3 Å². The summed E-state index contributed by atoms with van der Waals surface area (Å²) in [6.45, 7) is 3.70. The highest BCUT2D eigenvalue weighted by atomic mass is 35.5. The van der Waals surface area contributed by atoms with Crippen LogP contribution in [0.4, 0.5) is 5.82 Å². The van der Waals surface area contributed by atoms with E-state index in [1.54, 1.807) is 7.11 Å². The Balaban J connectivity index is 1.99. The van der Waals surface area contributed by atoms with E-state index >= 15 is 0 Å². The fraction of sp³-hybridized carbons (Fsp3) is 0.273. The van der Waals surface area contributed by atoms with E-state index < -0.39 is 0 Å². The molecule has 0 spiro atoms. The fourth-order valence-electron chi connectivity index (χ4n) is 3.68. The van der Waals surface area contributed by atoms with Crippen LogP contribution in [-0.2, 0) is 0 Å². The standard InChI is InChI=1S/C22H21ClN4O/c1-26-8-10-27(11-9-26)22-18-7-6-17(28-2)13-19(18)21(20(14-24)25-22)15-4-3-5-16(23)12-15/h3-7,12-13H,8-11H2,1-2H3. The number of aromatic nitrogens is 1. The lowest BCUT2D eigenvalue weighted by Crippen LogP contribution is -2.45. The lowest BCUT2D eigenvalue weighted by Gasteiger charge is -2.34. The number of nitriles is 1. The predicted molar refractivity (Wildman–Crippen MR) is 113 cm³/mol. The van der Waals surface area contributed by atoms with E-state index in [4.69, 9.17) is 21.3 Å². The number of halogens is 1. The highest BCUT2D eigenvalue weighted by Crippen LogP contribution is 2.38. The molecule has 5 nitrogen and oxygen atoms in total. The fourth-order valence-corrected chi connectivity index (χ4v) is 3.87. The second-order valence-electron chi connectivity index (χ2n) is 6.98. The van der Waals surface area contributed by atoms with Crippen LogP contribution in [0.15, 0.2) is 42.5 Å². The Morgan fingerprint density at radius 2 is 1.86 bits per heavy atom. The highest BCUT2D eigenvalue weighted by molar-refractivity contribution is 6.31. The molecule has 0 bridgehead atoms. The third kappa shape index (κ3) is 3.37. The maximum absolute atomic E-state index is 9.90. The third-order valence-corrected chi connectivity index (χ3v) is 5.45. The number of ether oxygens (including phenoxy) is 1. The monoisotopic (exact) mass is 392 g/mol. The largest absolute Gasteiger partial charge is 0.497 e. The highest BCUT2D eigenvalue weighted by Gasteiger charge is 2.22. The van der Waals surface area contributed by atoms with Gasteiger partial charge in [0, 0.05) is 42.2 Å². The number of benzene rings is 2. The van der Waals surface area contributed by atoms with Gasteiger partial charge in [0.25, 0.3) is 0 Å². The van der Waals surface area contributed by atoms with Crippen LogP contribution in [0, 0.1) is 11.3 Å². The molecule has 2 heterocycles. The zero-order chi connectivity index (χ0) is 19.7. The summed E-state index contributed by atoms with van der Waals surface area (Å²) in [5.41, 5.74) is 2.06. The molecule has 3 aromatic rings. The number of pyridine rings is 1. The summed E-state index contributed by atoms with van der Waals surface area (Å²) in [5.74, 6) is 1.60. The molecule has 1 aromatic heterocycles. The van der Waals surface area contributed by atoms with Gasteiger partial charge in [-0.3, -0.25) is 0 Å². The van der Waals surface area contributed by atoms with Crippen molar-refractivity contribution in [3.63, 3.8) is 0 Å². The van der Waals surface area contributed by atoms with E-state index in [2.05, 4.69) is 22.9 Å². The van der Waals surface area contributed by atoms with E-state index in [0.29, 0.717) is 10.7 Å². The molecule has 1 aliphatic heterocycles. The Kier molecular flexibility index (Phi) is 5.08. The third-order valence-electron chi connectivity index (χ3n) is 5.21. The smallest absolute Gasteiger partial charge is 0.151 e. The molecule has 0 radical (unpaired) electrons. The van der Waals surface area contributed by atoms with Crippen LogP contribution in [0.1, 0.15) is 5.69 Å². The minimum Gasteiger partial charge on any atom is -0.497 e. The minimum atomic E-state index is 0.400. The summed E-state index contributed by atoms with van der Waals surface area (Å²) in [6.07, 6.45) is 0. The average molecular weight is 393 g/mol. The number of likely N-dealkylation sites (N-methyl/N-ethyl adjacent to an activating group) is 1. The number of anilines is 1. The number of hydrogen-bond acceptors (Lipinski definition) is 5. The van der Waals surface area contributed by atoms with Gasteiger partial charge in [0.2, 0.25) is 0 Å². The van der Waals surface area contributed by atoms with Crippen molar-refractivity contribution in [2.45, 2.75) is 0 Å². The summed E-state index contributed by atoms with van der Waals surface area (Å²) in [7, 11) is 3.77. The first kappa shape index (κ1) is 18.5. The number of rotatable bonds is 3. The number of hydrogen-bond donors (Lipinski definition) is 0. The lowest BCUT2D eigenvalue weighted by molar-refractivity contribution is 0.312. The van der Waals surface area contributed by atoms with Crippen molar-refractivity contribution in [3.8, 4) is 22.9 Å². The Morgan fingerprint density at radius 1 is 1.07 bits per heavy atom. The van der Waals surface area contributed by atoms with Crippen molar-refractivity contribution in [2.24, 2.45) is 0 Å². The van der Waals surface area contributed by atoms with Gasteiger partial charge in [-0.2, -0.15) is 5.26 Å². The van der Waals surface area contributed by atoms with Crippen LogP contribution in [0.3, 0.4) is 0 Å². The molecule has 0 unspecified atom stereocenters. The van der Waals surface area contributed by atoms with Gasteiger partial charge in [-0.1, -0.05) is 23.7 Å². The molecule has 0 amide bonds. The maximum atomic E-state index is 9.90. The Bertz CT molecular complexity index is 1070. The van der Waals surface area contributed by atoms with Gasteiger partial charge in [0.05, 0.1) is 7.11 Å². The van der Waals surface area contributed by atoms with Crippen LogP contribution in [0.2, 0.25) is 5.02 Å². The molecule has 0 atom stereocenters. The van der Waals surface area contributed by atoms with Crippen molar-refractivity contribution in [2.75, 3.05) is 45.2 Å². The van der Waals surface area contributed by atoms with Crippen molar-refractivity contribution in [1.82, 2.24) is 9.88 Å². The summed E-state index contributed by atoms with van der Waals surface area (Å²) >= 11 is 6.23. The maximum Gasteiger partial charge on any atom is 0.151 e. The zero-order valence-corrected chi connectivity index (χ0v) is 16.7. The lowest BCUT2D eigenvalue weighted by atomic mass is 9.96. The summed E-state index contributed by atoms with van der Waals surface area (Å²) < 4.78 is 5.46. The van der Waals surface area contributed by atoms with Gasteiger partial charge in [-0.15, -0.1) is 0 Å². The van der Waals surface area contributed by atoms with Crippen molar-refractivity contribution in [3.05, 3.63) is 53.2 Å². The Morgan fingerprint density at radius 3 is 2.54 bits per heavy atom. The van der Waals surface area contributed by atoms with E-state index in [-0.39, 0.29) is 0 Å². The summed E-state index contributed by atoms with van der Waals surface area (Å²) in [4.78, 5) is 9.35. The van der Waals surface area contributed by atoms with Gasteiger partial charge in [-0.25, -0.2) is 4.98 Å². The number of nitrogens with zero attached hydrogens (tertiary/aromatic N) is 4. The zero-order valence-electron chi connectivity index (χ0n) is 15.9. The second kappa shape index (κ2) is 7.67. The van der Waals surface area contributed by atoms with Gasteiger partial charge in [0.15, 0.2) is 5.69 Å². The summed E-state index contributed by atoms with van der Waals surface area (Å²) in [5, 5.41) is 12.5. The molecule has 142 valence electrons. The van der Waals surface area contributed by atoms with Crippen LogP contribution in [-0.4, -0.2) is 50.2 Å². The number of methoxy groups -OCH3 is 1. The van der Waals surface area contributed by atoms with Gasteiger partial charge < -0.3 is 14.5 Å². The Labute approximate surface area is 169 Å². The molecule has 0 N–H and O–H groups in total. The van der Waals surface area contributed by atoms with Crippen molar-refractivity contribution in [1.29, 1.82) is 5.26 Å². The van der Waals surface area contributed by atoms with Crippen LogP contribution in [0.25, 0.3) is 21.9 Å². The molecule has 1 aliphatic rings.